The lowest BCUT2D eigenvalue weighted by atomic mass is 9.96. The first-order valence-electron chi connectivity index (χ1n) is 11.4. The van der Waals surface area contributed by atoms with Crippen molar-refractivity contribution in [3.63, 3.8) is 0 Å². The molecule has 1 aromatic carbocycles. The van der Waals surface area contributed by atoms with Gasteiger partial charge < -0.3 is 15.1 Å². The molecule has 4 rings (SSSR count). The van der Waals surface area contributed by atoms with Gasteiger partial charge in [0.2, 0.25) is 5.91 Å². The maximum atomic E-state index is 13.6. The van der Waals surface area contributed by atoms with Crippen molar-refractivity contribution in [2.24, 2.45) is 0 Å². The van der Waals surface area contributed by atoms with E-state index in [4.69, 9.17) is 23.2 Å². The highest BCUT2D eigenvalue weighted by atomic mass is 35.5. The van der Waals surface area contributed by atoms with Crippen LogP contribution in [-0.2, 0) is 11.2 Å². The summed E-state index contributed by atoms with van der Waals surface area (Å²) in [5, 5.41) is 4.51. The van der Waals surface area contributed by atoms with Crippen LogP contribution >= 0.6 is 48.0 Å². The third-order valence-corrected chi connectivity index (χ3v) is 7.07. The molecule has 2 aliphatic rings. The van der Waals surface area contributed by atoms with Crippen LogP contribution in [0.15, 0.2) is 24.5 Å². The summed E-state index contributed by atoms with van der Waals surface area (Å²) in [5.41, 5.74) is 3.29. The maximum absolute atomic E-state index is 13.6. The normalized spacial score (nSPS) is 18.2. The summed E-state index contributed by atoms with van der Waals surface area (Å²) < 4.78 is 0. The average Bonchev–Trinajstić information content (AvgIpc) is 3.16. The molecule has 1 saturated heterocycles. The zero-order valence-corrected chi connectivity index (χ0v) is 22.9. The first kappa shape index (κ1) is 28.9. The fourth-order valence-electron chi connectivity index (χ4n) is 4.70. The van der Waals surface area contributed by atoms with Crippen molar-refractivity contribution in [3.8, 4) is 0 Å². The highest BCUT2D eigenvalue weighted by Crippen LogP contribution is 2.37. The molecule has 0 bridgehead atoms. The summed E-state index contributed by atoms with van der Waals surface area (Å²) in [6, 6.07) is 5.66. The molecule has 6 nitrogen and oxygen atoms in total. The number of fused-ring (bicyclic) bond motifs is 1. The van der Waals surface area contributed by atoms with E-state index in [-0.39, 0.29) is 42.7 Å². The molecule has 0 radical (unpaired) electrons. The van der Waals surface area contributed by atoms with Crippen LogP contribution in [0.3, 0.4) is 0 Å². The highest BCUT2D eigenvalue weighted by molar-refractivity contribution is 6.35. The summed E-state index contributed by atoms with van der Waals surface area (Å²) in [6.45, 7) is 9.79. The predicted octanol–water partition coefficient (Wildman–Crippen LogP) is 5.11. The molecule has 1 aliphatic carbocycles. The van der Waals surface area contributed by atoms with Gasteiger partial charge in [-0.1, -0.05) is 50.0 Å². The molecular formula is C24H33Cl4N5O. The first-order valence-corrected chi connectivity index (χ1v) is 12.2. The van der Waals surface area contributed by atoms with Crippen molar-refractivity contribution >= 4 is 59.7 Å². The van der Waals surface area contributed by atoms with Crippen LogP contribution in [0.5, 0.6) is 0 Å². The number of aryl methyl sites for hydroxylation is 1. The fraction of sp³-hybridized carbons (Fsp3) is 0.542. The number of anilines is 1. The summed E-state index contributed by atoms with van der Waals surface area (Å²) in [7, 11) is 0. The van der Waals surface area contributed by atoms with Gasteiger partial charge in [0.15, 0.2) is 0 Å². The molecule has 10 heteroatoms. The number of nitrogens with zero attached hydrogens (tertiary/aromatic N) is 4. The van der Waals surface area contributed by atoms with Gasteiger partial charge in [0.25, 0.3) is 0 Å². The van der Waals surface area contributed by atoms with Crippen molar-refractivity contribution in [2.75, 3.05) is 37.6 Å². The molecule has 34 heavy (non-hydrogen) atoms. The van der Waals surface area contributed by atoms with E-state index in [0.29, 0.717) is 35.6 Å². The number of aromatic nitrogens is 2. The molecule has 1 amide bonds. The number of nitrogens with one attached hydrogen (secondary N) is 1. The molecule has 1 fully saturated rings. The number of hydrogen-bond acceptors (Lipinski definition) is 5. The second-order valence-corrected chi connectivity index (χ2v) is 9.93. The van der Waals surface area contributed by atoms with Crippen molar-refractivity contribution < 1.29 is 4.79 Å². The zero-order valence-electron chi connectivity index (χ0n) is 19.8. The van der Waals surface area contributed by atoms with Crippen LogP contribution in [-0.4, -0.2) is 59.5 Å². The van der Waals surface area contributed by atoms with Gasteiger partial charge in [-0.25, -0.2) is 9.97 Å². The average molecular weight is 549 g/mol. The molecule has 1 N–H and O–H groups in total. The Balaban J connectivity index is 0.00000204. The van der Waals surface area contributed by atoms with Gasteiger partial charge in [-0.05, 0) is 36.5 Å². The molecule has 0 spiro atoms. The second kappa shape index (κ2) is 12.6. The number of carbonyl (C=O) groups excluding carboxylic acids is 1. The lowest BCUT2D eigenvalue weighted by Gasteiger charge is -2.38. The van der Waals surface area contributed by atoms with Crippen LogP contribution in [0.2, 0.25) is 10.0 Å². The quantitative estimate of drug-likeness (QED) is 0.543. The van der Waals surface area contributed by atoms with E-state index in [9.17, 15) is 4.79 Å². The van der Waals surface area contributed by atoms with Crippen LogP contribution in [0, 0.1) is 0 Å². The Labute approximate surface area is 224 Å². The first-order chi connectivity index (χ1) is 15.3. The number of benzene rings is 1. The molecule has 1 aliphatic heterocycles. The number of piperazine rings is 1. The lowest BCUT2D eigenvalue weighted by Crippen LogP contribution is -2.51. The Bertz CT molecular complexity index is 982. The monoisotopic (exact) mass is 547 g/mol. The van der Waals surface area contributed by atoms with Crippen molar-refractivity contribution in [3.05, 3.63) is 51.4 Å². The molecular weight excluding hydrogens is 516 g/mol. The zero-order chi connectivity index (χ0) is 22.8. The van der Waals surface area contributed by atoms with E-state index in [1.807, 2.05) is 11.0 Å². The Morgan fingerprint density at radius 2 is 1.85 bits per heavy atom. The summed E-state index contributed by atoms with van der Waals surface area (Å²) in [4.78, 5) is 26.9. The summed E-state index contributed by atoms with van der Waals surface area (Å²) in [5.74, 6) is 1.28. The number of amides is 1. The van der Waals surface area contributed by atoms with E-state index in [1.54, 1.807) is 18.5 Å². The highest BCUT2D eigenvalue weighted by Gasteiger charge is 2.32. The third-order valence-electron chi connectivity index (χ3n) is 6.51. The number of rotatable bonds is 6. The number of carbonyl (C=O) groups is 1. The number of halogens is 4. The van der Waals surface area contributed by atoms with Crippen molar-refractivity contribution in [1.29, 1.82) is 0 Å². The molecule has 188 valence electrons. The van der Waals surface area contributed by atoms with Gasteiger partial charge in [-0.2, -0.15) is 0 Å². The summed E-state index contributed by atoms with van der Waals surface area (Å²) in [6.07, 6.45) is 3.84. The van der Waals surface area contributed by atoms with Crippen LogP contribution in [0.1, 0.15) is 55.8 Å². The third kappa shape index (κ3) is 6.27. The standard InChI is InChI=1S/C24H31Cl2N5O.2ClH/c1-15(2)27-13-19(18-6-5-17(25)12-20(18)26)24(32)31-10-8-30(9-11-31)23-22-16(3)4-7-21(22)28-14-29-23;;/h5-6,12,14-16,19,27H,4,7-11,13H2,1-3H3;2*1H/t16-,19+;;/m1../s1. The molecule has 2 atom stereocenters. The van der Waals surface area contributed by atoms with Gasteiger partial charge in [0.05, 0.1) is 5.92 Å². The van der Waals surface area contributed by atoms with Crippen molar-refractivity contribution in [1.82, 2.24) is 20.2 Å². The number of hydrogen-bond donors (Lipinski definition) is 1. The smallest absolute Gasteiger partial charge is 0.231 e. The lowest BCUT2D eigenvalue weighted by molar-refractivity contribution is -0.133. The predicted molar refractivity (Wildman–Crippen MR) is 144 cm³/mol. The Hall–Kier alpha value is -1.31. The second-order valence-electron chi connectivity index (χ2n) is 9.09. The largest absolute Gasteiger partial charge is 0.353 e. The molecule has 1 aromatic heterocycles. The van der Waals surface area contributed by atoms with Gasteiger partial charge in [0.1, 0.15) is 12.1 Å². The van der Waals surface area contributed by atoms with Crippen LogP contribution in [0.25, 0.3) is 0 Å². The SMILES string of the molecule is CC(C)NC[C@H](C(=O)N1CCN(c2ncnc3c2[C@H](C)CC3)CC1)c1ccc(Cl)cc1Cl.Cl.Cl. The minimum Gasteiger partial charge on any atom is -0.353 e. The van der Waals surface area contributed by atoms with Crippen molar-refractivity contribution in [2.45, 2.75) is 51.5 Å². The van der Waals surface area contributed by atoms with E-state index in [0.717, 1.165) is 37.3 Å². The van der Waals surface area contributed by atoms with Gasteiger partial charge >= 0.3 is 0 Å². The molecule has 2 heterocycles. The Morgan fingerprint density at radius 1 is 1.15 bits per heavy atom. The van der Waals surface area contributed by atoms with E-state index >= 15 is 0 Å². The fourth-order valence-corrected chi connectivity index (χ4v) is 5.24. The van der Waals surface area contributed by atoms with E-state index in [1.165, 1.54) is 11.3 Å². The van der Waals surface area contributed by atoms with Gasteiger partial charge in [-0.15, -0.1) is 24.8 Å². The molecule has 0 unspecified atom stereocenters. The minimum absolute atomic E-state index is 0. The van der Waals surface area contributed by atoms with Crippen LogP contribution < -0.4 is 10.2 Å². The van der Waals surface area contributed by atoms with E-state index in [2.05, 4.69) is 41.0 Å². The molecule has 0 saturated carbocycles. The van der Waals surface area contributed by atoms with E-state index < -0.39 is 0 Å². The molecule has 2 aromatic rings. The Kier molecular flexibility index (Phi) is 10.7. The van der Waals surface area contributed by atoms with Crippen LogP contribution in [0.4, 0.5) is 5.82 Å². The Morgan fingerprint density at radius 3 is 2.50 bits per heavy atom. The van der Waals surface area contributed by atoms with Gasteiger partial charge in [-0.3, -0.25) is 4.79 Å². The van der Waals surface area contributed by atoms with Gasteiger partial charge in [0, 0.05) is 60.1 Å². The summed E-state index contributed by atoms with van der Waals surface area (Å²) >= 11 is 12.6. The minimum atomic E-state index is -0.350. The topological polar surface area (TPSA) is 61.4 Å². The maximum Gasteiger partial charge on any atom is 0.231 e.